The molecule has 7 heteroatoms. The van der Waals surface area contributed by atoms with E-state index in [1.54, 1.807) is 24.3 Å². The van der Waals surface area contributed by atoms with Gasteiger partial charge in [0.2, 0.25) is 0 Å². The van der Waals surface area contributed by atoms with Crippen molar-refractivity contribution >= 4 is 52.1 Å². The molecule has 0 radical (unpaired) electrons. The van der Waals surface area contributed by atoms with Crippen LogP contribution in [0.25, 0.3) is 11.1 Å². The third-order valence-electron chi connectivity index (χ3n) is 5.43. The molecule has 176 valence electrons. The van der Waals surface area contributed by atoms with Gasteiger partial charge in [-0.15, -0.1) is 0 Å². The van der Waals surface area contributed by atoms with Gasteiger partial charge < -0.3 is 10.1 Å². The lowest BCUT2D eigenvalue weighted by atomic mass is 10.0. The molecule has 0 saturated carbocycles. The minimum atomic E-state index is -0.397. The lowest BCUT2D eigenvalue weighted by Gasteiger charge is -2.19. The molecule has 0 fully saturated rings. The topological polar surface area (TPSA) is 50.4 Å². The van der Waals surface area contributed by atoms with Crippen molar-refractivity contribution in [1.82, 2.24) is 5.32 Å². The molecule has 0 aromatic heterocycles. The van der Waals surface area contributed by atoms with E-state index < -0.39 is 5.91 Å². The molecule has 2 N–H and O–H groups in total. The lowest BCUT2D eigenvalue weighted by Crippen LogP contribution is -2.34. The van der Waals surface area contributed by atoms with Gasteiger partial charge in [-0.3, -0.25) is 10.1 Å². The predicted octanol–water partition coefficient (Wildman–Crippen LogP) is 8.20. The summed E-state index contributed by atoms with van der Waals surface area (Å²) in [6, 6.07) is 26.5. The Morgan fingerprint density at radius 2 is 1.54 bits per heavy atom. The number of amides is 1. The van der Waals surface area contributed by atoms with E-state index in [0.29, 0.717) is 32.8 Å². The Hall–Kier alpha value is -3.38. The number of benzene rings is 4. The normalized spacial score (nSPS) is 10.5. The standard InChI is InChI=1S/C28H22Cl2N2O2S/c1-17-16-23(31-28(35)32-27(33)21-13-6-8-14-22(21)29)18(2)25(30)26(17)34-24-15-9-7-12-20(24)19-10-4-3-5-11-19/h3-16H,1-2H3,(H2,31,32,33,35). The van der Waals surface area contributed by atoms with Crippen LogP contribution in [-0.4, -0.2) is 11.0 Å². The number of ether oxygens (including phenoxy) is 1. The first-order chi connectivity index (χ1) is 16.8. The number of hydrogen-bond acceptors (Lipinski definition) is 3. The molecule has 35 heavy (non-hydrogen) atoms. The average Bonchev–Trinajstić information content (AvgIpc) is 2.86. The van der Waals surface area contributed by atoms with Crippen LogP contribution in [0.5, 0.6) is 11.5 Å². The molecule has 0 heterocycles. The second-order valence-electron chi connectivity index (χ2n) is 7.86. The highest BCUT2D eigenvalue weighted by Gasteiger charge is 2.18. The summed E-state index contributed by atoms with van der Waals surface area (Å²) in [4.78, 5) is 12.5. The molecule has 0 aliphatic heterocycles. The summed E-state index contributed by atoms with van der Waals surface area (Å²) in [5.74, 6) is 0.862. The first-order valence-corrected chi connectivity index (χ1v) is 12.0. The molecule has 0 unspecified atom stereocenters. The van der Waals surface area contributed by atoms with Gasteiger partial charge in [-0.1, -0.05) is 83.9 Å². The Labute approximate surface area is 219 Å². The predicted molar refractivity (Wildman–Crippen MR) is 148 cm³/mol. The van der Waals surface area contributed by atoms with E-state index in [1.165, 1.54) is 0 Å². The maximum Gasteiger partial charge on any atom is 0.258 e. The summed E-state index contributed by atoms with van der Waals surface area (Å²) < 4.78 is 6.32. The SMILES string of the molecule is Cc1cc(NC(=S)NC(=O)c2ccccc2Cl)c(C)c(Cl)c1Oc1ccccc1-c1ccccc1. The van der Waals surface area contributed by atoms with E-state index in [0.717, 1.165) is 22.3 Å². The molecule has 0 atom stereocenters. The number of rotatable bonds is 5. The van der Waals surface area contributed by atoms with Crippen LogP contribution in [0.2, 0.25) is 10.0 Å². The minimum Gasteiger partial charge on any atom is -0.455 e. The van der Waals surface area contributed by atoms with E-state index in [1.807, 2.05) is 74.5 Å². The first-order valence-electron chi connectivity index (χ1n) is 10.8. The molecule has 4 aromatic rings. The van der Waals surface area contributed by atoms with Crippen molar-refractivity contribution in [3.05, 3.63) is 112 Å². The van der Waals surface area contributed by atoms with E-state index >= 15 is 0 Å². The zero-order chi connectivity index (χ0) is 24.9. The highest BCUT2D eigenvalue weighted by molar-refractivity contribution is 7.80. The molecule has 0 aliphatic carbocycles. The molecule has 0 aliphatic rings. The van der Waals surface area contributed by atoms with Gasteiger partial charge in [0, 0.05) is 11.3 Å². The van der Waals surface area contributed by atoms with E-state index in [2.05, 4.69) is 10.6 Å². The summed E-state index contributed by atoms with van der Waals surface area (Å²) in [6.07, 6.45) is 0. The molecule has 1 amide bonds. The fraction of sp³-hybridized carbons (Fsp3) is 0.0714. The Morgan fingerprint density at radius 1 is 0.886 bits per heavy atom. The summed E-state index contributed by atoms with van der Waals surface area (Å²) in [6.45, 7) is 3.76. The van der Waals surface area contributed by atoms with Gasteiger partial charge in [0.25, 0.3) is 5.91 Å². The maximum absolute atomic E-state index is 12.5. The number of carbonyl (C=O) groups excluding carboxylic acids is 1. The van der Waals surface area contributed by atoms with Gasteiger partial charge >= 0.3 is 0 Å². The molecule has 0 saturated heterocycles. The van der Waals surface area contributed by atoms with Gasteiger partial charge in [-0.05, 0) is 67.0 Å². The number of thiocarbonyl (C=S) groups is 1. The van der Waals surface area contributed by atoms with Crippen LogP contribution in [0.1, 0.15) is 21.5 Å². The zero-order valence-corrected chi connectivity index (χ0v) is 21.4. The van der Waals surface area contributed by atoms with Crippen molar-refractivity contribution in [2.45, 2.75) is 13.8 Å². The van der Waals surface area contributed by atoms with Crippen molar-refractivity contribution in [2.75, 3.05) is 5.32 Å². The third kappa shape index (κ3) is 5.65. The Bertz CT molecular complexity index is 1410. The number of anilines is 1. The molecule has 0 spiro atoms. The van der Waals surface area contributed by atoms with Crippen molar-refractivity contribution in [3.8, 4) is 22.6 Å². The molecule has 4 nitrogen and oxygen atoms in total. The van der Waals surface area contributed by atoms with Crippen LogP contribution >= 0.6 is 35.4 Å². The molecule has 4 rings (SSSR count). The fourth-order valence-corrected chi connectivity index (χ4v) is 4.31. The highest BCUT2D eigenvalue weighted by atomic mass is 35.5. The van der Waals surface area contributed by atoms with E-state index in [4.69, 9.17) is 40.2 Å². The van der Waals surface area contributed by atoms with E-state index in [9.17, 15) is 4.79 Å². The monoisotopic (exact) mass is 520 g/mol. The van der Waals surface area contributed by atoms with Gasteiger partial charge in [-0.2, -0.15) is 0 Å². The highest BCUT2D eigenvalue weighted by Crippen LogP contribution is 2.41. The van der Waals surface area contributed by atoms with Gasteiger partial charge in [-0.25, -0.2) is 0 Å². The van der Waals surface area contributed by atoms with Crippen molar-refractivity contribution in [3.63, 3.8) is 0 Å². The summed E-state index contributed by atoms with van der Waals surface area (Å²) in [5.41, 5.74) is 4.56. The Balaban J connectivity index is 1.56. The summed E-state index contributed by atoms with van der Waals surface area (Å²) in [7, 11) is 0. The quantitative estimate of drug-likeness (QED) is 0.260. The van der Waals surface area contributed by atoms with Gasteiger partial charge in [0.05, 0.1) is 15.6 Å². The largest absolute Gasteiger partial charge is 0.455 e. The van der Waals surface area contributed by atoms with Crippen LogP contribution in [0.4, 0.5) is 5.69 Å². The molecule has 0 bridgehead atoms. The minimum absolute atomic E-state index is 0.136. The Kier molecular flexibility index (Phi) is 7.71. The molecule has 4 aromatic carbocycles. The lowest BCUT2D eigenvalue weighted by molar-refractivity contribution is 0.0978. The van der Waals surface area contributed by atoms with Gasteiger partial charge in [0.1, 0.15) is 11.5 Å². The maximum atomic E-state index is 12.5. The summed E-state index contributed by atoms with van der Waals surface area (Å²) in [5, 5.41) is 6.65. The number of carbonyl (C=O) groups is 1. The first kappa shape index (κ1) is 24.7. The number of halogens is 2. The third-order valence-corrected chi connectivity index (χ3v) is 6.42. The van der Waals surface area contributed by atoms with Crippen LogP contribution in [0.15, 0.2) is 84.9 Å². The molecular formula is C28H22Cl2N2O2S. The second kappa shape index (κ2) is 10.9. The summed E-state index contributed by atoms with van der Waals surface area (Å²) >= 11 is 18.2. The average molecular weight is 521 g/mol. The van der Waals surface area contributed by atoms with Gasteiger partial charge in [0.15, 0.2) is 5.11 Å². The van der Waals surface area contributed by atoms with Crippen LogP contribution in [-0.2, 0) is 0 Å². The smallest absolute Gasteiger partial charge is 0.258 e. The zero-order valence-electron chi connectivity index (χ0n) is 19.1. The van der Waals surface area contributed by atoms with Crippen molar-refractivity contribution in [1.29, 1.82) is 0 Å². The van der Waals surface area contributed by atoms with Crippen molar-refractivity contribution < 1.29 is 9.53 Å². The molecular weight excluding hydrogens is 499 g/mol. The van der Waals surface area contributed by atoms with Crippen LogP contribution < -0.4 is 15.4 Å². The van der Waals surface area contributed by atoms with Crippen LogP contribution in [0, 0.1) is 13.8 Å². The number of nitrogens with one attached hydrogen (secondary N) is 2. The van der Waals surface area contributed by atoms with Crippen LogP contribution in [0.3, 0.4) is 0 Å². The second-order valence-corrected chi connectivity index (χ2v) is 9.05. The van der Waals surface area contributed by atoms with E-state index in [-0.39, 0.29) is 5.11 Å². The number of aryl methyl sites for hydroxylation is 1. The fourth-order valence-electron chi connectivity index (χ4n) is 3.60. The van der Waals surface area contributed by atoms with Crippen molar-refractivity contribution in [2.24, 2.45) is 0 Å². The number of para-hydroxylation sites is 1. The Morgan fingerprint density at radius 3 is 2.29 bits per heavy atom. The number of hydrogen-bond donors (Lipinski definition) is 2.